The fraction of sp³-hybridized carbons (Fsp3) is 0.417. The third-order valence-electron chi connectivity index (χ3n) is 3.54. The standard InChI is InChI=1S/C12H13NO2/c14-11(15)9-3-1-2-8-6-13-7-12(4-5-12)10(8)9/h1-3,13H,4-7H2,(H,14,15). The molecular formula is C12H13NO2. The van der Waals surface area contributed by atoms with Crippen molar-refractivity contribution in [1.82, 2.24) is 5.32 Å². The molecule has 1 aliphatic carbocycles. The molecule has 0 atom stereocenters. The molecule has 78 valence electrons. The van der Waals surface area contributed by atoms with Gasteiger partial charge >= 0.3 is 5.97 Å². The Labute approximate surface area is 88.1 Å². The molecule has 1 aliphatic heterocycles. The highest BCUT2D eigenvalue weighted by atomic mass is 16.4. The summed E-state index contributed by atoms with van der Waals surface area (Å²) >= 11 is 0. The lowest BCUT2D eigenvalue weighted by Gasteiger charge is -2.27. The molecule has 1 spiro atoms. The van der Waals surface area contributed by atoms with Crippen LogP contribution >= 0.6 is 0 Å². The maximum Gasteiger partial charge on any atom is 0.335 e. The topological polar surface area (TPSA) is 49.3 Å². The summed E-state index contributed by atoms with van der Waals surface area (Å²) in [5.74, 6) is -0.792. The SMILES string of the molecule is O=C(O)c1cccc2c1C1(CC1)CNC2. The predicted octanol–water partition coefficient (Wildman–Crippen LogP) is 1.52. The summed E-state index contributed by atoms with van der Waals surface area (Å²) in [4.78, 5) is 11.2. The van der Waals surface area contributed by atoms with E-state index in [0.29, 0.717) is 5.56 Å². The predicted molar refractivity (Wildman–Crippen MR) is 56.0 cm³/mol. The molecule has 0 amide bonds. The van der Waals surface area contributed by atoms with Crippen molar-refractivity contribution in [2.75, 3.05) is 6.54 Å². The van der Waals surface area contributed by atoms with Crippen molar-refractivity contribution in [2.24, 2.45) is 0 Å². The zero-order valence-electron chi connectivity index (χ0n) is 8.42. The van der Waals surface area contributed by atoms with E-state index in [1.807, 2.05) is 12.1 Å². The first-order valence-electron chi connectivity index (χ1n) is 5.29. The monoisotopic (exact) mass is 203 g/mol. The van der Waals surface area contributed by atoms with Crippen LogP contribution in [-0.2, 0) is 12.0 Å². The highest BCUT2D eigenvalue weighted by Gasteiger charge is 2.48. The van der Waals surface area contributed by atoms with E-state index in [1.165, 1.54) is 5.56 Å². The molecule has 0 saturated heterocycles. The van der Waals surface area contributed by atoms with Crippen molar-refractivity contribution in [2.45, 2.75) is 24.8 Å². The van der Waals surface area contributed by atoms with Crippen molar-refractivity contribution >= 4 is 5.97 Å². The van der Waals surface area contributed by atoms with Gasteiger partial charge in [0.2, 0.25) is 0 Å². The van der Waals surface area contributed by atoms with E-state index < -0.39 is 5.97 Å². The number of carboxylic acid groups (broad SMARTS) is 1. The number of nitrogens with one attached hydrogen (secondary N) is 1. The summed E-state index contributed by atoms with van der Waals surface area (Å²) in [5, 5.41) is 12.5. The second-order valence-electron chi connectivity index (χ2n) is 4.53. The molecule has 0 radical (unpaired) electrons. The van der Waals surface area contributed by atoms with Gasteiger partial charge in [0.05, 0.1) is 5.56 Å². The molecule has 1 aromatic rings. The first kappa shape index (κ1) is 8.92. The number of carbonyl (C=O) groups is 1. The average Bonchev–Trinajstić information content (AvgIpc) is 2.98. The summed E-state index contributed by atoms with van der Waals surface area (Å²) in [6.07, 6.45) is 2.24. The lowest BCUT2D eigenvalue weighted by molar-refractivity contribution is 0.0694. The molecule has 3 nitrogen and oxygen atoms in total. The van der Waals surface area contributed by atoms with E-state index in [4.69, 9.17) is 0 Å². The van der Waals surface area contributed by atoms with Gasteiger partial charge in [0.15, 0.2) is 0 Å². The smallest absolute Gasteiger partial charge is 0.335 e. The van der Waals surface area contributed by atoms with Gasteiger partial charge in [-0.2, -0.15) is 0 Å². The number of hydrogen-bond acceptors (Lipinski definition) is 2. The molecule has 0 bridgehead atoms. The van der Waals surface area contributed by atoms with Crippen LogP contribution < -0.4 is 5.32 Å². The van der Waals surface area contributed by atoms with Gasteiger partial charge in [-0.3, -0.25) is 0 Å². The normalized spacial score (nSPS) is 21.1. The largest absolute Gasteiger partial charge is 0.478 e. The van der Waals surface area contributed by atoms with Crippen LogP contribution in [0.2, 0.25) is 0 Å². The molecule has 0 aromatic heterocycles. The highest BCUT2D eigenvalue weighted by Crippen LogP contribution is 2.51. The molecule has 2 aliphatic rings. The number of benzene rings is 1. The van der Waals surface area contributed by atoms with Gasteiger partial charge in [0, 0.05) is 18.5 Å². The Balaban J connectivity index is 2.22. The quantitative estimate of drug-likeness (QED) is 0.727. The minimum absolute atomic E-state index is 0.141. The van der Waals surface area contributed by atoms with Crippen molar-refractivity contribution in [3.63, 3.8) is 0 Å². The van der Waals surface area contributed by atoms with Gasteiger partial charge < -0.3 is 10.4 Å². The molecule has 3 rings (SSSR count). The number of rotatable bonds is 1. The lowest BCUT2D eigenvalue weighted by Crippen LogP contribution is -2.34. The van der Waals surface area contributed by atoms with Crippen LogP contribution in [-0.4, -0.2) is 17.6 Å². The van der Waals surface area contributed by atoms with Crippen molar-refractivity contribution in [1.29, 1.82) is 0 Å². The Morgan fingerprint density at radius 2 is 2.20 bits per heavy atom. The summed E-state index contributed by atoms with van der Waals surface area (Å²) in [6, 6.07) is 5.60. The number of hydrogen-bond donors (Lipinski definition) is 2. The zero-order valence-corrected chi connectivity index (χ0v) is 8.42. The number of fused-ring (bicyclic) bond motifs is 2. The third-order valence-corrected chi connectivity index (χ3v) is 3.54. The Morgan fingerprint density at radius 1 is 1.40 bits per heavy atom. The van der Waals surface area contributed by atoms with E-state index in [2.05, 4.69) is 5.32 Å². The van der Waals surface area contributed by atoms with Crippen LogP contribution in [0.25, 0.3) is 0 Å². The van der Waals surface area contributed by atoms with Crippen LogP contribution in [0, 0.1) is 0 Å². The first-order chi connectivity index (χ1) is 7.23. The van der Waals surface area contributed by atoms with Crippen LogP contribution in [0.15, 0.2) is 18.2 Å². The molecule has 1 aromatic carbocycles. The fourth-order valence-electron chi connectivity index (χ4n) is 2.65. The van der Waals surface area contributed by atoms with Gasteiger partial charge in [-0.05, 0) is 30.0 Å². The van der Waals surface area contributed by atoms with Gasteiger partial charge in [-0.25, -0.2) is 4.79 Å². The van der Waals surface area contributed by atoms with Gasteiger partial charge in [-0.1, -0.05) is 12.1 Å². The van der Waals surface area contributed by atoms with Crippen LogP contribution in [0.5, 0.6) is 0 Å². The molecule has 2 N–H and O–H groups in total. The average molecular weight is 203 g/mol. The Hall–Kier alpha value is -1.35. The van der Waals surface area contributed by atoms with E-state index in [-0.39, 0.29) is 5.41 Å². The van der Waals surface area contributed by atoms with E-state index in [0.717, 1.165) is 31.5 Å². The van der Waals surface area contributed by atoms with Gasteiger partial charge in [0.25, 0.3) is 0 Å². The molecule has 0 unspecified atom stereocenters. The lowest BCUT2D eigenvalue weighted by atomic mass is 9.84. The third kappa shape index (κ3) is 1.20. The number of carboxylic acids is 1. The van der Waals surface area contributed by atoms with Crippen molar-refractivity contribution < 1.29 is 9.90 Å². The van der Waals surface area contributed by atoms with Crippen molar-refractivity contribution in [3.05, 3.63) is 34.9 Å². The summed E-state index contributed by atoms with van der Waals surface area (Å²) in [5.41, 5.74) is 2.91. The fourth-order valence-corrected chi connectivity index (χ4v) is 2.65. The van der Waals surface area contributed by atoms with Crippen LogP contribution in [0.4, 0.5) is 0 Å². The second kappa shape index (κ2) is 2.83. The highest BCUT2D eigenvalue weighted by molar-refractivity contribution is 5.90. The molecular weight excluding hydrogens is 190 g/mol. The second-order valence-corrected chi connectivity index (χ2v) is 4.53. The molecule has 1 saturated carbocycles. The summed E-state index contributed by atoms with van der Waals surface area (Å²) < 4.78 is 0. The van der Waals surface area contributed by atoms with E-state index >= 15 is 0 Å². The molecule has 1 fully saturated rings. The van der Waals surface area contributed by atoms with Crippen LogP contribution in [0.3, 0.4) is 0 Å². The summed E-state index contributed by atoms with van der Waals surface area (Å²) in [6.45, 7) is 1.74. The Bertz CT molecular complexity index is 435. The molecule has 1 heterocycles. The zero-order chi connectivity index (χ0) is 10.5. The van der Waals surface area contributed by atoms with E-state index in [1.54, 1.807) is 6.07 Å². The maximum absolute atomic E-state index is 11.2. The van der Waals surface area contributed by atoms with Crippen molar-refractivity contribution in [3.8, 4) is 0 Å². The van der Waals surface area contributed by atoms with Gasteiger partial charge in [-0.15, -0.1) is 0 Å². The maximum atomic E-state index is 11.2. The van der Waals surface area contributed by atoms with Crippen LogP contribution in [0.1, 0.15) is 34.3 Å². The number of aromatic carboxylic acids is 1. The molecule has 15 heavy (non-hydrogen) atoms. The molecule has 3 heteroatoms. The van der Waals surface area contributed by atoms with E-state index in [9.17, 15) is 9.90 Å². The first-order valence-corrected chi connectivity index (χ1v) is 5.29. The summed E-state index contributed by atoms with van der Waals surface area (Å²) in [7, 11) is 0. The van der Waals surface area contributed by atoms with Gasteiger partial charge in [0.1, 0.15) is 0 Å². The Kier molecular flexibility index (Phi) is 1.68. The minimum Gasteiger partial charge on any atom is -0.478 e. The Morgan fingerprint density at radius 3 is 2.87 bits per heavy atom. The minimum atomic E-state index is -0.792.